The minimum Gasteiger partial charge on any atom is -0.456 e. The first-order chi connectivity index (χ1) is 11.3. The first kappa shape index (κ1) is 16.7. The zero-order chi connectivity index (χ0) is 17.5. The smallest absolute Gasteiger partial charge is 0.291 e. The number of sulfonamides is 1. The molecule has 24 heavy (non-hydrogen) atoms. The Balaban J connectivity index is 1.70. The van der Waals surface area contributed by atoms with Crippen LogP contribution in [0.2, 0.25) is 0 Å². The molecule has 7 heteroatoms. The fourth-order valence-corrected chi connectivity index (χ4v) is 3.41. The van der Waals surface area contributed by atoms with Crippen molar-refractivity contribution in [3.63, 3.8) is 0 Å². The largest absolute Gasteiger partial charge is 0.456 e. The summed E-state index contributed by atoms with van der Waals surface area (Å²) in [6.45, 7) is 2.15. The van der Waals surface area contributed by atoms with Crippen LogP contribution in [0.4, 0.5) is 5.69 Å². The van der Waals surface area contributed by atoms with Gasteiger partial charge in [0, 0.05) is 25.7 Å². The quantitative estimate of drug-likeness (QED) is 0.901. The molecule has 1 N–H and O–H groups in total. The fourth-order valence-electron chi connectivity index (χ4n) is 2.51. The number of carbonyl (C=O) groups excluding carboxylic acids is 1. The molecular formula is C17H20N2O4S. The molecule has 1 aromatic carbocycles. The molecule has 0 spiro atoms. The Bertz CT molecular complexity index is 853. The molecule has 128 valence electrons. The van der Waals surface area contributed by atoms with Crippen LogP contribution in [0, 0.1) is 5.92 Å². The Morgan fingerprint density at radius 2 is 1.79 bits per heavy atom. The summed E-state index contributed by atoms with van der Waals surface area (Å²) in [5.41, 5.74) is 0.510. The molecule has 3 rings (SSSR count). The van der Waals surface area contributed by atoms with E-state index in [1.54, 1.807) is 18.2 Å². The number of rotatable bonds is 5. The highest BCUT2D eigenvalue weighted by molar-refractivity contribution is 7.89. The van der Waals surface area contributed by atoms with Crippen LogP contribution in [0.5, 0.6) is 0 Å². The first-order valence-corrected chi connectivity index (χ1v) is 9.16. The van der Waals surface area contributed by atoms with Crippen LogP contribution < -0.4 is 5.32 Å². The van der Waals surface area contributed by atoms with Crippen molar-refractivity contribution in [3.8, 4) is 0 Å². The molecule has 0 saturated heterocycles. The van der Waals surface area contributed by atoms with Crippen molar-refractivity contribution in [2.24, 2.45) is 5.92 Å². The maximum atomic E-state index is 12.2. The predicted molar refractivity (Wildman–Crippen MR) is 90.5 cm³/mol. The minimum atomic E-state index is -3.48. The number of nitrogens with one attached hydrogen (secondary N) is 1. The van der Waals surface area contributed by atoms with E-state index in [-0.39, 0.29) is 16.6 Å². The zero-order valence-electron chi connectivity index (χ0n) is 13.8. The minimum absolute atomic E-state index is 0.175. The van der Waals surface area contributed by atoms with Crippen molar-refractivity contribution in [2.75, 3.05) is 19.4 Å². The van der Waals surface area contributed by atoms with Crippen molar-refractivity contribution >= 4 is 21.6 Å². The molecule has 6 nitrogen and oxygen atoms in total. The van der Waals surface area contributed by atoms with Gasteiger partial charge in [0.1, 0.15) is 5.76 Å². The van der Waals surface area contributed by atoms with Crippen LogP contribution in [0.3, 0.4) is 0 Å². The van der Waals surface area contributed by atoms with Gasteiger partial charge in [-0.05, 0) is 48.7 Å². The first-order valence-electron chi connectivity index (χ1n) is 7.72. The van der Waals surface area contributed by atoms with Gasteiger partial charge in [0.25, 0.3) is 5.91 Å². The van der Waals surface area contributed by atoms with Gasteiger partial charge in [-0.15, -0.1) is 0 Å². The summed E-state index contributed by atoms with van der Waals surface area (Å²) in [5, 5.41) is 2.71. The Morgan fingerprint density at radius 3 is 2.33 bits per heavy atom. The van der Waals surface area contributed by atoms with Crippen LogP contribution in [0.15, 0.2) is 45.7 Å². The molecule has 2 atom stereocenters. The normalized spacial score (nSPS) is 20.2. The molecule has 1 saturated carbocycles. The average molecular weight is 348 g/mol. The number of anilines is 1. The van der Waals surface area contributed by atoms with Gasteiger partial charge in [0.05, 0.1) is 4.90 Å². The Hall–Kier alpha value is -2.12. The van der Waals surface area contributed by atoms with E-state index in [0.717, 1.165) is 16.5 Å². The average Bonchev–Trinajstić information content (AvgIpc) is 3.07. The lowest BCUT2D eigenvalue weighted by molar-refractivity contribution is 0.0995. The second-order valence-electron chi connectivity index (χ2n) is 6.29. The lowest BCUT2D eigenvalue weighted by atomic mass is 10.3. The van der Waals surface area contributed by atoms with Crippen molar-refractivity contribution in [1.29, 1.82) is 0 Å². The Kier molecular flexibility index (Phi) is 4.23. The van der Waals surface area contributed by atoms with Gasteiger partial charge < -0.3 is 9.73 Å². The second kappa shape index (κ2) is 6.07. The number of nitrogens with zero attached hydrogens (tertiary/aromatic N) is 1. The summed E-state index contributed by atoms with van der Waals surface area (Å²) >= 11 is 0. The molecule has 1 aliphatic carbocycles. The highest BCUT2D eigenvalue weighted by Gasteiger charge is 2.37. The molecular weight excluding hydrogens is 328 g/mol. The molecule has 1 aliphatic rings. The van der Waals surface area contributed by atoms with E-state index in [1.807, 2.05) is 6.07 Å². The number of amides is 1. The number of furan rings is 1. The second-order valence-corrected chi connectivity index (χ2v) is 8.44. The standard InChI is InChI=1S/C17H20N2O4S/c1-11-10-14(11)15-8-9-16(23-15)17(20)18-12-4-6-13(7-5-12)24(21,22)19(2)3/h4-9,11,14H,10H2,1-3H3,(H,18,20)/t11-,14-/m1/s1. The lowest BCUT2D eigenvalue weighted by Gasteiger charge is -2.11. The molecule has 1 amide bonds. The maximum absolute atomic E-state index is 12.2. The van der Waals surface area contributed by atoms with Crippen LogP contribution >= 0.6 is 0 Å². The summed E-state index contributed by atoms with van der Waals surface area (Å²) in [6, 6.07) is 9.55. The van der Waals surface area contributed by atoms with E-state index in [0.29, 0.717) is 17.5 Å². The summed E-state index contributed by atoms with van der Waals surface area (Å²) in [7, 11) is -0.532. The highest BCUT2D eigenvalue weighted by atomic mass is 32.2. The highest BCUT2D eigenvalue weighted by Crippen LogP contribution is 2.47. The zero-order valence-corrected chi connectivity index (χ0v) is 14.6. The van der Waals surface area contributed by atoms with Gasteiger partial charge >= 0.3 is 0 Å². The van der Waals surface area contributed by atoms with E-state index in [2.05, 4.69) is 12.2 Å². The Morgan fingerprint density at radius 1 is 1.17 bits per heavy atom. The molecule has 0 radical (unpaired) electrons. The summed E-state index contributed by atoms with van der Waals surface area (Å²) in [6.07, 6.45) is 1.09. The molecule has 1 heterocycles. The summed E-state index contributed by atoms with van der Waals surface area (Å²) in [4.78, 5) is 12.4. The number of hydrogen-bond acceptors (Lipinski definition) is 4. The van der Waals surface area contributed by atoms with E-state index in [4.69, 9.17) is 4.42 Å². The van der Waals surface area contributed by atoms with E-state index < -0.39 is 10.0 Å². The third-order valence-corrected chi connectivity index (χ3v) is 6.05. The molecule has 0 unspecified atom stereocenters. The number of hydrogen-bond donors (Lipinski definition) is 1. The topological polar surface area (TPSA) is 79.6 Å². The predicted octanol–water partition coefficient (Wildman–Crippen LogP) is 2.91. The Labute approximate surface area is 141 Å². The SMILES string of the molecule is C[C@@H]1C[C@H]1c1ccc(C(=O)Nc2ccc(S(=O)(=O)N(C)C)cc2)o1. The maximum Gasteiger partial charge on any atom is 0.291 e. The number of carbonyl (C=O) groups is 1. The summed E-state index contributed by atoms with van der Waals surface area (Å²) in [5.74, 6) is 1.78. The van der Waals surface area contributed by atoms with E-state index in [9.17, 15) is 13.2 Å². The molecule has 1 aromatic heterocycles. The summed E-state index contributed by atoms with van der Waals surface area (Å²) < 4.78 is 30.8. The molecule has 2 aromatic rings. The molecule has 0 bridgehead atoms. The van der Waals surface area contributed by atoms with E-state index >= 15 is 0 Å². The van der Waals surface area contributed by atoms with Gasteiger partial charge in [-0.1, -0.05) is 6.92 Å². The van der Waals surface area contributed by atoms with Gasteiger partial charge in [-0.2, -0.15) is 0 Å². The van der Waals surface area contributed by atoms with Crippen LogP contribution in [-0.2, 0) is 10.0 Å². The van der Waals surface area contributed by atoms with Crippen molar-refractivity contribution in [3.05, 3.63) is 47.9 Å². The van der Waals surface area contributed by atoms with Gasteiger partial charge in [-0.3, -0.25) is 4.79 Å². The fraction of sp³-hybridized carbons (Fsp3) is 0.353. The van der Waals surface area contributed by atoms with Crippen molar-refractivity contribution in [2.45, 2.75) is 24.2 Å². The molecule has 1 fully saturated rings. The monoisotopic (exact) mass is 348 g/mol. The third kappa shape index (κ3) is 3.22. The van der Waals surface area contributed by atoms with E-state index in [1.165, 1.54) is 26.2 Å². The van der Waals surface area contributed by atoms with Crippen LogP contribution in [0.25, 0.3) is 0 Å². The molecule has 0 aliphatic heterocycles. The van der Waals surface area contributed by atoms with Gasteiger partial charge in [0.15, 0.2) is 5.76 Å². The number of benzene rings is 1. The third-order valence-electron chi connectivity index (χ3n) is 4.22. The lowest BCUT2D eigenvalue weighted by Crippen LogP contribution is -2.22. The van der Waals surface area contributed by atoms with Crippen molar-refractivity contribution < 1.29 is 17.6 Å². The van der Waals surface area contributed by atoms with Gasteiger partial charge in [-0.25, -0.2) is 12.7 Å². The van der Waals surface area contributed by atoms with Gasteiger partial charge in [0.2, 0.25) is 10.0 Å². The van der Waals surface area contributed by atoms with Crippen molar-refractivity contribution in [1.82, 2.24) is 4.31 Å². The van der Waals surface area contributed by atoms with Crippen LogP contribution in [-0.4, -0.2) is 32.7 Å². The van der Waals surface area contributed by atoms with Crippen LogP contribution in [0.1, 0.15) is 35.6 Å².